The third-order valence-corrected chi connectivity index (χ3v) is 4.82. The van der Waals surface area contributed by atoms with E-state index < -0.39 is 0 Å². The largest absolute Gasteiger partial charge is 0.374 e. The lowest BCUT2D eigenvalue weighted by molar-refractivity contribution is -0.0735. The van der Waals surface area contributed by atoms with E-state index >= 15 is 0 Å². The van der Waals surface area contributed by atoms with E-state index in [-0.39, 0.29) is 17.3 Å². The number of ketones is 1. The van der Waals surface area contributed by atoms with E-state index in [2.05, 4.69) is 15.4 Å². The summed E-state index contributed by atoms with van der Waals surface area (Å²) in [4.78, 5) is 12.2. The molecule has 1 aromatic heterocycles. The molecule has 2 aliphatic rings. The molecule has 6 heteroatoms. The van der Waals surface area contributed by atoms with Gasteiger partial charge in [0.15, 0.2) is 5.78 Å². The summed E-state index contributed by atoms with van der Waals surface area (Å²) in [7, 11) is 0. The van der Waals surface area contributed by atoms with Crippen molar-refractivity contribution >= 4 is 17.5 Å². The zero-order valence-electron chi connectivity index (χ0n) is 9.52. The average molecular weight is 253 g/mol. The molecule has 92 valence electrons. The summed E-state index contributed by atoms with van der Waals surface area (Å²) in [6.45, 7) is 0.689. The van der Waals surface area contributed by atoms with Gasteiger partial charge in [0.05, 0.1) is 11.8 Å². The number of ether oxygens (including phenoxy) is 1. The molecule has 2 atom stereocenters. The monoisotopic (exact) mass is 253 g/mol. The average Bonchev–Trinajstić information content (AvgIpc) is 3.00. The number of aromatic amines is 1. The van der Waals surface area contributed by atoms with Crippen LogP contribution in [0.25, 0.3) is 0 Å². The van der Waals surface area contributed by atoms with Crippen LogP contribution in [0.5, 0.6) is 0 Å². The van der Waals surface area contributed by atoms with Crippen LogP contribution in [0.3, 0.4) is 0 Å². The van der Waals surface area contributed by atoms with Crippen LogP contribution in [0.2, 0.25) is 0 Å². The summed E-state index contributed by atoms with van der Waals surface area (Å²) in [6, 6.07) is 0. The van der Waals surface area contributed by atoms with Crippen molar-refractivity contribution in [3.8, 4) is 0 Å². The van der Waals surface area contributed by atoms with Crippen molar-refractivity contribution < 1.29 is 9.53 Å². The van der Waals surface area contributed by atoms with E-state index in [9.17, 15) is 4.79 Å². The molecule has 0 amide bonds. The maximum atomic E-state index is 12.2. The van der Waals surface area contributed by atoms with Crippen LogP contribution >= 0.6 is 11.8 Å². The first-order valence-electron chi connectivity index (χ1n) is 5.91. The van der Waals surface area contributed by atoms with E-state index in [0.29, 0.717) is 12.3 Å². The Morgan fingerprint density at radius 3 is 3.29 bits per heavy atom. The Morgan fingerprint density at radius 2 is 2.59 bits per heavy atom. The summed E-state index contributed by atoms with van der Waals surface area (Å²) < 4.78 is 5.91. The molecule has 1 spiro atoms. The summed E-state index contributed by atoms with van der Waals surface area (Å²) in [5, 5.41) is 10.1. The van der Waals surface area contributed by atoms with Gasteiger partial charge in [-0.25, -0.2) is 0 Å². The molecule has 0 aromatic carbocycles. The van der Waals surface area contributed by atoms with E-state index in [1.54, 1.807) is 0 Å². The summed E-state index contributed by atoms with van der Waals surface area (Å²) in [5.74, 6) is 2.33. The highest BCUT2D eigenvalue weighted by Gasteiger charge is 2.42. The zero-order chi connectivity index (χ0) is 11.7. The molecule has 0 aliphatic carbocycles. The van der Waals surface area contributed by atoms with Crippen molar-refractivity contribution in [2.24, 2.45) is 5.92 Å². The second-order valence-electron chi connectivity index (χ2n) is 4.74. The Kier molecular flexibility index (Phi) is 2.92. The van der Waals surface area contributed by atoms with Crippen molar-refractivity contribution in [1.29, 1.82) is 0 Å². The molecule has 2 unspecified atom stereocenters. The topological polar surface area (TPSA) is 67.9 Å². The van der Waals surface area contributed by atoms with Crippen molar-refractivity contribution in [2.75, 3.05) is 18.1 Å². The second-order valence-corrected chi connectivity index (χ2v) is 5.85. The van der Waals surface area contributed by atoms with Crippen molar-refractivity contribution in [2.45, 2.75) is 24.9 Å². The SMILES string of the molecule is O=C(c1cn[nH]n1)C1CCOC2(CCSC2)C1. The highest BCUT2D eigenvalue weighted by Crippen LogP contribution is 2.41. The number of Topliss-reactive ketones (excluding diaryl/α,β-unsaturated/α-hetero) is 1. The quantitative estimate of drug-likeness (QED) is 0.804. The molecule has 0 bridgehead atoms. The normalized spacial score (nSPS) is 33.1. The Labute approximate surface area is 104 Å². The zero-order valence-corrected chi connectivity index (χ0v) is 10.3. The number of thioether (sulfide) groups is 1. The molecule has 1 N–H and O–H groups in total. The Hall–Kier alpha value is -0.880. The van der Waals surface area contributed by atoms with Crippen molar-refractivity contribution in [3.05, 3.63) is 11.9 Å². The molecular formula is C11H15N3O2S. The fraction of sp³-hybridized carbons (Fsp3) is 0.727. The van der Waals surface area contributed by atoms with Gasteiger partial charge in [-0.1, -0.05) is 0 Å². The standard InChI is InChI=1S/C11H15N3O2S/c15-10(9-6-12-14-13-9)8-1-3-16-11(5-8)2-4-17-7-11/h6,8H,1-5,7H2,(H,12,13,14). The highest BCUT2D eigenvalue weighted by atomic mass is 32.2. The van der Waals surface area contributed by atoms with Crippen LogP contribution in [0.15, 0.2) is 6.20 Å². The summed E-state index contributed by atoms with van der Waals surface area (Å²) in [6.07, 6.45) is 4.22. The van der Waals surface area contributed by atoms with Crippen LogP contribution < -0.4 is 0 Å². The van der Waals surface area contributed by atoms with Gasteiger partial charge >= 0.3 is 0 Å². The maximum absolute atomic E-state index is 12.2. The first kappa shape index (κ1) is 11.2. The molecular weight excluding hydrogens is 238 g/mol. The van der Waals surface area contributed by atoms with Gasteiger partial charge in [-0.15, -0.1) is 0 Å². The van der Waals surface area contributed by atoms with Gasteiger partial charge in [-0.05, 0) is 25.0 Å². The molecule has 1 aromatic rings. The number of H-pyrrole nitrogens is 1. The molecule has 3 rings (SSSR count). The second kappa shape index (κ2) is 4.42. The Balaban J connectivity index is 1.73. The van der Waals surface area contributed by atoms with Gasteiger partial charge < -0.3 is 4.74 Å². The molecule has 17 heavy (non-hydrogen) atoms. The Morgan fingerprint density at radius 1 is 1.65 bits per heavy atom. The lowest BCUT2D eigenvalue weighted by Gasteiger charge is -2.36. The third-order valence-electron chi connectivity index (χ3n) is 3.60. The summed E-state index contributed by atoms with van der Waals surface area (Å²) >= 11 is 1.92. The molecule has 2 fully saturated rings. The minimum atomic E-state index is -0.0486. The number of carbonyl (C=O) groups excluding carboxylic acids is 1. The van der Waals surface area contributed by atoms with Crippen LogP contribution in [-0.4, -0.2) is 44.9 Å². The Bertz CT molecular complexity index is 401. The predicted molar refractivity (Wildman–Crippen MR) is 64.1 cm³/mol. The molecule has 0 radical (unpaired) electrons. The van der Waals surface area contributed by atoms with Crippen molar-refractivity contribution in [3.63, 3.8) is 0 Å². The van der Waals surface area contributed by atoms with E-state index in [4.69, 9.17) is 4.74 Å². The number of nitrogens with one attached hydrogen (secondary N) is 1. The maximum Gasteiger partial charge on any atom is 0.187 e. The number of carbonyl (C=O) groups is 1. The first-order chi connectivity index (χ1) is 8.29. The van der Waals surface area contributed by atoms with E-state index in [1.165, 1.54) is 6.20 Å². The lowest BCUT2D eigenvalue weighted by Crippen LogP contribution is -2.42. The minimum absolute atomic E-state index is 0.0486. The highest BCUT2D eigenvalue weighted by molar-refractivity contribution is 7.99. The van der Waals surface area contributed by atoms with Crippen LogP contribution in [-0.2, 0) is 4.74 Å². The van der Waals surface area contributed by atoms with Gasteiger partial charge in [0.1, 0.15) is 5.69 Å². The van der Waals surface area contributed by atoms with Gasteiger partial charge in [0, 0.05) is 18.3 Å². The number of rotatable bonds is 2. The van der Waals surface area contributed by atoms with Crippen molar-refractivity contribution in [1.82, 2.24) is 15.4 Å². The smallest absolute Gasteiger partial charge is 0.187 e. The van der Waals surface area contributed by atoms with Crippen LogP contribution in [0, 0.1) is 5.92 Å². The van der Waals surface area contributed by atoms with E-state index in [1.807, 2.05) is 11.8 Å². The molecule has 3 heterocycles. The fourth-order valence-corrected chi connectivity index (χ4v) is 4.02. The number of hydrogen-bond acceptors (Lipinski definition) is 5. The van der Waals surface area contributed by atoms with Gasteiger partial charge in [-0.3, -0.25) is 4.79 Å². The lowest BCUT2D eigenvalue weighted by atomic mass is 9.82. The fourth-order valence-electron chi connectivity index (χ4n) is 2.64. The molecule has 0 saturated carbocycles. The van der Waals surface area contributed by atoms with Gasteiger partial charge in [-0.2, -0.15) is 27.2 Å². The van der Waals surface area contributed by atoms with Crippen LogP contribution in [0.1, 0.15) is 29.8 Å². The molecule has 2 aliphatic heterocycles. The molecule has 2 saturated heterocycles. The predicted octanol–water partition coefficient (Wildman–Crippen LogP) is 1.29. The van der Waals surface area contributed by atoms with E-state index in [0.717, 1.165) is 30.8 Å². The number of aromatic nitrogens is 3. The number of nitrogens with zero attached hydrogens (tertiary/aromatic N) is 2. The van der Waals surface area contributed by atoms with Gasteiger partial charge in [0.2, 0.25) is 0 Å². The summed E-state index contributed by atoms with van der Waals surface area (Å²) in [5.41, 5.74) is 0.408. The first-order valence-corrected chi connectivity index (χ1v) is 7.06. The van der Waals surface area contributed by atoms with Crippen LogP contribution in [0.4, 0.5) is 0 Å². The molecule has 5 nitrogen and oxygen atoms in total. The van der Waals surface area contributed by atoms with Gasteiger partial charge in [0.25, 0.3) is 0 Å². The third kappa shape index (κ3) is 2.11. The minimum Gasteiger partial charge on any atom is -0.374 e. The number of hydrogen-bond donors (Lipinski definition) is 1.